The molecule has 1 aromatic rings. The molecule has 0 unspecified atom stereocenters. The number of unbranched alkanes of at least 4 members (excludes halogenated alkanes) is 19. The van der Waals surface area contributed by atoms with Crippen LogP contribution in [0, 0.1) is 0 Å². The van der Waals surface area contributed by atoms with E-state index in [1.165, 1.54) is 128 Å². The van der Waals surface area contributed by atoms with Gasteiger partial charge in [-0.3, -0.25) is 0 Å². The van der Waals surface area contributed by atoms with Crippen molar-refractivity contribution in [3.8, 4) is 6.01 Å². The summed E-state index contributed by atoms with van der Waals surface area (Å²) < 4.78 is 23.3. The maximum absolute atomic E-state index is 5.85. The van der Waals surface area contributed by atoms with Crippen molar-refractivity contribution in [1.29, 1.82) is 0 Å². The fourth-order valence-electron chi connectivity index (χ4n) is 6.32. The molecule has 0 aliphatic carbocycles. The Labute approximate surface area is 302 Å². The number of ether oxygens (including phenoxy) is 4. The van der Waals surface area contributed by atoms with Gasteiger partial charge in [0.25, 0.3) is 5.97 Å². The van der Waals surface area contributed by atoms with Crippen LogP contribution in [0.5, 0.6) is 6.01 Å². The van der Waals surface area contributed by atoms with Crippen molar-refractivity contribution in [3.05, 3.63) is 0 Å². The molecule has 1 rings (SSSR count). The molecule has 1 N–H and O–H groups in total. The van der Waals surface area contributed by atoms with Crippen LogP contribution in [-0.4, -0.2) is 67.0 Å². The second-order valence-corrected chi connectivity index (χ2v) is 13.4. The van der Waals surface area contributed by atoms with Crippen LogP contribution in [0.1, 0.15) is 189 Å². The molecule has 1 aromatic heterocycles. The summed E-state index contributed by atoms with van der Waals surface area (Å²) in [6, 6.07) is 0.433. The van der Waals surface area contributed by atoms with Gasteiger partial charge >= 0.3 is 6.01 Å². The van der Waals surface area contributed by atoms with Crippen LogP contribution in [0.25, 0.3) is 0 Å². The molecule has 0 saturated heterocycles. The standard InChI is InChI=1S/C40H79N5O4/c1-7-13-15-17-27-31-35-45(36-32-28-18-16-14-8-2)38-42-37(43-39(44-38)46-9-3)41-34-30-26-24-22-20-19-21-23-25-29-33-40(47-10-4,48-11-5)49-12-6/h7-36H2,1-6H3,(H,41,42,43,44). The topological polar surface area (TPSA) is 90.9 Å². The Morgan fingerprint density at radius 1 is 0.490 bits per heavy atom. The fraction of sp³-hybridized carbons (Fsp3) is 0.925. The van der Waals surface area contributed by atoms with Crippen molar-refractivity contribution < 1.29 is 18.9 Å². The number of anilines is 2. The molecule has 0 bridgehead atoms. The lowest BCUT2D eigenvalue weighted by Gasteiger charge is -2.32. The summed E-state index contributed by atoms with van der Waals surface area (Å²) in [7, 11) is 0. The first-order valence-electron chi connectivity index (χ1n) is 20.9. The summed E-state index contributed by atoms with van der Waals surface area (Å²) in [6.45, 7) is 17.7. The molecule has 0 amide bonds. The van der Waals surface area contributed by atoms with Crippen LogP contribution >= 0.6 is 0 Å². The molecule has 0 saturated carbocycles. The molecule has 0 aliphatic rings. The van der Waals surface area contributed by atoms with Crippen molar-refractivity contribution in [2.24, 2.45) is 0 Å². The van der Waals surface area contributed by atoms with Gasteiger partial charge in [0.05, 0.1) is 6.61 Å². The smallest absolute Gasteiger partial charge is 0.323 e. The first-order valence-corrected chi connectivity index (χ1v) is 20.9. The van der Waals surface area contributed by atoms with E-state index in [0.717, 1.165) is 44.8 Å². The van der Waals surface area contributed by atoms with Crippen LogP contribution in [0.2, 0.25) is 0 Å². The van der Waals surface area contributed by atoms with E-state index in [0.29, 0.717) is 38.4 Å². The Morgan fingerprint density at radius 2 is 0.939 bits per heavy atom. The number of rotatable bonds is 37. The van der Waals surface area contributed by atoms with E-state index in [4.69, 9.17) is 28.9 Å². The molecule has 0 aromatic carbocycles. The number of nitrogens with zero attached hydrogens (tertiary/aromatic N) is 4. The number of hydrogen-bond acceptors (Lipinski definition) is 9. The third-order valence-corrected chi connectivity index (χ3v) is 9.01. The van der Waals surface area contributed by atoms with Crippen molar-refractivity contribution in [3.63, 3.8) is 0 Å². The summed E-state index contributed by atoms with van der Waals surface area (Å²) in [6.07, 6.45) is 28.6. The predicted octanol–water partition coefficient (Wildman–Crippen LogP) is 11.3. The summed E-state index contributed by atoms with van der Waals surface area (Å²) in [5.41, 5.74) is 0. The maximum atomic E-state index is 5.85. The highest BCUT2D eigenvalue weighted by atomic mass is 16.9. The molecular formula is C40H79N5O4. The minimum atomic E-state index is -0.856. The number of nitrogens with one attached hydrogen (secondary N) is 1. The normalized spacial score (nSPS) is 11.7. The molecule has 1 heterocycles. The Bertz CT molecular complexity index is 829. The fourth-order valence-corrected chi connectivity index (χ4v) is 6.32. The maximum Gasteiger partial charge on any atom is 0.323 e. The molecule has 0 aliphatic heterocycles. The zero-order valence-corrected chi connectivity index (χ0v) is 33.1. The van der Waals surface area contributed by atoms with Gasteiger partial charge in [0.2, 0.25) is 11.9 Å². The van der Waals surface area contributed by atoms with Gasteiger partial charge in [-0.15, -0.1) is 0 Å². The zero-order valence-electron chi connectivity index (χ0n) is 33.1. The first-order chi connectivity index (χ1) is 24.1. The van der Waals surface area contributed by atoms with E-state index >= 15 is 0 Å². The molecule has 49 heavy (non-hydrogen) atoms. The Kier molecular flexibility index (Phi) is 29.8. The molecule has 9 heteroatoms. The lowest BCUT2D eigenvalue weighted by atomic mass is 10.1. The largest absolute Gasteiger partial charge is 0.464 e. The highest BCUT2D eigenvalue weighted by molar-refractivity contribution is 5.38. The van der Waals surface area contributed by atoms with E-state index in [2.05, 4.69) is 29.0 Å². The molecule has 0 radical (unpaired) electrons. The average molecular weight is 694 g/mol. The highest BCUT2D eigenvalue weighted by Crippen LogP contribution is 2.24. The Hall–Kier alpha value is -1.71. The lowest BCUT2D eigenvalue weighted by Crippen LogP contribution is -2.39. The van der Waals surface area contributed by atoms with Gasteiger partial charge in [0.15, 0.2) is 0 Å². The van der Waals surface area contributed by atoms with Crippen LogP contribution in [0.3, 0.4) is 0 Å². The third kappa shape index (κ3) is 23.4. The highest BCUT2D eigenvalue weighted by Gasteiger charge is 2.31. The van der Waals surface area contributed by atoms with Gasteiger partial charge in [-0.25, -0.2) is 0 Å². The quantitative estimate of drug-likeness (QED) is 0.0540. The van der Waals surface area contributed by atoms with Gasteiger partial charge in [-0.2, -0.15) is 15.0 Å². The summed E-state index contributed by atoms with van der Waals surface area (Å²) in [4.78, 5) is 16.6. The third-order valence-electron chi connectivity index (χ3n) is 9.01. The molecule has 0 atom stereocenters. The summed E-state index contributed by atoms with van der Waals surface area (Å²) in [5.74, 6) is 0.552. The minimum Gasteiger partial charge on any atom is -0.464 e. The van der Waals surface area contributed by atoms with Crippen molar-refractivity contribution in [2.75, 3.05) is 56.3 Å². The van der Waals surface area contributed by atoms with E-state index in [1.54, 1.807) is 0 Å². The van der Waals surface area contributed by atoms with Crippen LogP contribution < -0.4 is 15.0 Å². The Morgan fingerprint density at radius 3 is 1.41 bits per heavy atom. The van der Waals surface area contributed by atoms with Crippen molar-refractivity contribution in [2.45, 2.75) is 195 Å². The minimum absolute atomic E-state index is 0.433. The summed E-state index contributed by atoms with van der Waals surface area (Å²) in [5, 5.41) is 3.49. The van der Waals surface area contributed by atoms with E-state index in [1.807, 2.05) is 27.7 Å². The van der Waals surface area contributed by atoms with Gasteiger partial charge < -0.3 is 29.2 Å². The van der Waals surface area contributed by atoms with Crippen LogP contribution in [0.4, 0.5) is 11.9 Å². The van der Waals surface area contributed by atoms with Crippen molar-refractivity contribution >= 4 is 11.9 Å². The van der Waals surface area contributed by atoms with E-state index in [9.17, 15) is 0 Å². The molecule has 288 valence electrons. The van der Waals surface area contributed by atoms with Crippen LogP contribution in [-0.2, 0) is 14.2 Å². The van der Waals surface area contributed by atoms with Crippen molar-refractivity contribution in [1.82, 2.24) is 15.0 Å². The van der Waals surface area contributed by atoms with E-state index < -0.39 is 5.97 Å². The number of aromatic nitrogens is 3. The van der Waals surface area contributed by atoms with Gasteiger partial charge in [-0.05, 0) is 53.4 Å². The van der Waals surface area contributed by atoms with Crippen LogP contribution in [0.15, 0.2) is 0 Å². The lowest BCUT2D eigenvalue weighted by molar-refractivity contribution is -0.380. The summed E-state index contributed by atoms with van der Waals surface area (Å²) >= 11 is 0. The molecular weight excluding hydrogens is 614 g/mol. The predicted molar refractivity (Wildman–Crippen MR) is 207 cm³/mol. The van der Waals surface area contributed by atoms with Gasteiger partial charge in [0, 0.05) is 45.9 Å². The van der Waals surface area contributed by atoms with Gasteiger partial charge in [0.1, 0.15) is 0 Å². The first kappa shape index (κ1) is 45.3. The molecule has 0 fully saturated rings. The average Bonchev–Trinajstić information content (AvgIpc) is 3.09. The Balaban J connectivity index is 2.43. The zero-order chi connectivity index (χ0) is 35.7. The molecule has 9 nitrogen and oxygen atoms in total. The monoisotopic (exact) mass is 694 g/mol. The second kappa shape index (κ2) is 32.2. The number of hydrogen-bond donors (Lipinski definition) is 1. The second-order valence-electron chi connectivity index (χ2n) is 13.4. The van der Waals surface area contributed by atoms with E-state index in [-0.39, 0.29) is 0 Å². The SMILES string of the molecule is CCCCCCCCN(CCCCCCCC)c1nc(NCCCCCCCCCCCCC(OCC)(OCC)OCC)nc(OCC)n1. The molecule has 0 spiro atoms. The van der Waals surface area contributed by atoms with Gasteiger partial charge in [-0.1, -0.05) is 129 Å².